The van der Waals surface area contributed by atoms with Gasteiger partial charge in [-0.1, -0.05) is 35.4 Å². The highest BCUT2D eigenvalue weighted by Crippen LogP contribution is 2.61. The number of hydrogen-bond acceptors (Lipinski definition) is 19. The van der Waals surface area contributed by atoms with Crippen molar-refractivity contribution in [3.05, 3.63) is 12.7 Å². The molecule has 2 aromatic rings. The van der Waals surface area contributed by atoms with Gasteiger partial charge in [0.2, 0.25) is 11.8 Å². The highest BCUT2D eigenvalue weighted by atomic mass is 33.1. The van der Waals surface area contributed by atoms with Crippen molar-refractivity contribution in [2.75, 3.05) is 50.1 Å². The summed E-state index contributed by atoms with van der Waals surface area (Å²) >= 11 is 0. The lowest BCUT2D eigenvalue weighted by Crippen LogP contribution is -2.46. The number of rotatable bonds is 22. The number of fused-ring (bicyclic) bond motifs is 1. The molecule has 1 aliphatic heterocycles. The maximum Gasteiger partial charge on any atom is 0.481 e. The summed E-state index contributed by atoms with van der Waals surface area (Å²) < 4.78 is 61.9. The number of aliphatic hydroxyl groups excluding tert-OH is 3. The third-order valence-corrected chi connectivity index (χ3v) is 12.3. The number of phosphoric acid groups is 3. The molecule has 7 atom stereocenters. The Bertz CT molecular complexity index is 1670. The minimum Gasteiger partial charge on any atom is -0.395 e. The number of amides is 2. The van der Waals surface area contributed by atoms with Crippen molar-refractivity contribution in [2.24, 2.45) is 5.41 Å². The van der Waals surface area contributed by atoms with Gasteiger partial charge in [0.1, 0.15) is 36.3 Å². The van der Waals surface area contributed by atoms with Gasteiger partial charge in [-0.05, 0) is 0 Å². The first-order chi connectivity index (χ1) is 24.2. The number of ether oxygens (including phenoxy) is 1. The van der Waals surface area contributed by atoms with E-state index in [1.165, 1.54) is 35.4 Å². The van der Waals surface area contributed by atoms with Gasteiger partial charge in [0.25, 0.3) is 0 Å². The molecular formula is C23H40N7O17P3S2. The molecule has 0 bridgehead atoms. The van der Waals surface area contributed by atoms with Gasteiger partial charge in [0.15, 0.2) is 17.7 Å². The summed E-state index contributed by atoms with van der Waals surface area (Å²) in [6.07, 6.45) is -6.80. The van der Waals surface area contributed by atoms with Crippen molar-refractivity contribution in [3.8, 4) is 0 Å². The molecule has 52 heavy (non-hydrogen) atoms. The van der Waals surface area contributed by atoms with E-state index >= 15 is 0 Å². The Balaban J connectivity index is 1.53. The SMILES string of the molecule is CC(C)(COP(=O)(O)OP(=O)(O)OCC1OC(n2cnc3c(N)ncnc32)C(O)C1OP(=O)(O)O)C(O)C(=O)NCCC(=O)NCCSSCCO. The van der Waals surface area contributed by atoms with Gasteiger partial charge < -0.3 is 56.0 Å². The van der Waals surface area contributed by atoms with E-state index < -0.39 is 78.6 Å². The summed E-state index contributed by atoms with van der Waals surface area (Å²) in [4.78, 5) is 75.2. The molecule has 3 heterocycles. The van der Waals surface area contributed by atoms with E-state index in [4.69, 9.17) is 24.6 Å². The van der Waals surface area contributed by atoms with E-state index in [1.54, 1.807) is 0 Å². The molecular weight excluding hydrogens is 803 g/mol. The molecule has 0 aliphatic carbocycles. The lowest BCUT2D eigenvalue weighted by molar-refractivity contribution is -0.137. The summed E-state index contributed by atoms with van der Waals surface area (Å²) in [6, 6.07) is 0. The second-order valence-electron chi connectivity index (χ2n) is 11.4. The van der Waals surface area contributed by atoms with Gasteiger partial charge in [0, 0.05) is 36.4 Å². The predicted molar refractivity (Wildman–Crippen MR) is 182 cm³/mol. The van der Waals surface area contributed by atoms with Gasteiger partial charge in [-0.3, -0.25) is 27.7 Å². The number of aromatic nitrogens is 4. The molecule has 7 unspecified atom stereocenters. The molecule has 1 aliphatic rings. The minimum absolute atomic E-state index is 0.0343. The second kappa shape index (κ2) is 19.2. The van der Waals surface area contributed by atoms with Crippen LogP contribution in [-0.4, -0.2) is 135 Å². The topological polar surface area (TPSA) is 367 Å². The standard InChI is InChI=1S/C23H40N7O17P3S2/c1-23(2,18(34)21(35)26-4-3-14(32)25-5-7-51-52-8-6-31)10-44-50(41,42)47-49(39,40)43-9-13-17(46-48(36,37)38)16(33)22(45-13)30-12-29-15-19(24)27-11-28-20(15)30/h11-13,16-18,22,31,33-34H,3-10H2,1-2H3,(H,25,32)(H,26,35)(H,39,40)(H,41,42)(H2,24,27,28)(H2,36,37,38). The lowest BCUT2D eigenvalue weighted by atomic mass is 9.87. The van der Waals surface area contributed by atoms with Gasteiger partial charge >= 0.3 is 23.5 Å². The van der Waals surface area contributed by atoms with E-state index in [-0.39, 0.29) is 42.5 Å². The lowest BCUT2D eigenvalue weighted by Gasteiger charge is -2.30. The highest BCUT2D eigenvalue weighted by molar-refractivity contribution is 8.76. The summed E-state index contributed by atoms with van der Waals surface area (Å²) in [5, 5.41) is 35.1. The van der Waals surface area contributed by atoms with Crippen LogP contribution in [0.4, 0.5) is 5.82 Å². The van der Waals surface area contributed by atoms with Crippen LogP contribution in [0.5, 0.6) is 0 Å². The molecule has 0 radical (unpaired) electrons. The molecule has 0 aromatic carbocycles. The Morgan fingerprint density at radius 1 is 1.06 bits per heavy atom. The average Bonchev–Trinajstić information content (AvgIpc) is 3.60. The van der Waals surface area contributed by atoms with E-state index in [0.717, 1.165) is 17.2 Å². The van der Waals surface area contributed by atoms with E-state index in [9.17, 15) is 53.1 Å². The van der Waals surface area contributed by atoms with Gasteiger partial charge in [0.05, 0.1) is 26.1 Å². The maximum absolute atomic E-state index is 12.6. The van der Waals surface area contributed by atoms with Crippen LogP contribution in [0.15, 0.2) is 12.7 Å². The third kappa shape index (κ3) is 13.5. The zero-order valence-electron chi connectivity index (χ0n) is 27.4. The van der Waals surface area contributed by atoms with Crippen molar-refractivity contribution < 1.29 is 80.8 Å². The van der Waals surface area contributed by atoms with Crippen LogP contribution < -0.4 is 16.4 Å². The molecule has 296 valence electrons. The number of carbonyl (C=O) groups is 2. The molecule has 2 amide bonds. The molecule has 29 heteroatoms. The van der Waals surface area contributed by atoms with Crippen molar-refractivity contribution in [1.82, 2.24) is 30.2 Å². The van der Waals surface area contributed by atoms with Crippen molar-refractivity contribution in [1.29, 1.82) is 0 Å². The fraction of sp³-hybridized carbons (Fsp3) is 0.696. The van der Waals surface area contributed by atoms with Crippen molar-refractivity contribution >= 4 is 73.9 Å². The summed E-state index contributed by atoms with van der Waals surface area (Å²) in [5.41, 5.74) is 4.29. The number of hydrogen-bond donors (Lipinski definition) is 10. The van der Waals surface area contributed by atoms with Crippen molar-refractivity contribution in [2.45, 2.75) is 50.9 Å². The Morgan fingerprint density at radius 3 is 2.40 bits per heavy atom. The number of nitrogens with zero attached hydrogens (tertiary/aromatic N) is 4. The van der Waals surface area contributed by atoms with Gasteiger partial charge in [-0.15, -0.1) is 0 Å². The number of nitrogens with one attached hydrogen (secondary N) is 2. The molecule has 0 saturated carbocycles. The normalized spacial score (nSPS) is 22.5. The maximum atomic E-state index is 12.6. The second-order valence-corrected chi connectivity index (χ2v) is 18.4. The van der Waals surface area contributed by atoms with Crippen LogP contribution in [0.1, 0.15) is 26.5 Å². The number of aliphatic hydroxyl groups is 3. The molecule has 3 rings (SSSR count). The van der Waals surface area contributed by atoms with Crippen LogP contribution in [0, 0.1) is 5.41 Å². The number of imidazole rings is 1. The highest BCUT2D eigenvalue weighted by Gasteiger charge is 2.50. The quantitative estimate of drug-likeness (QED) is 0.0377. The number of anilines is 1. The fourth-order valence-corrected chi connectivity index (χ4v) is 8.83. The number of phosphoric ester groups is 3. The minimum atomic E-state index is -5.55. The van der Waals surface area contributed by atoms with Crippen LogP contribution >= 0.6 is 45.1 Å². The number of carbonyl (C=O) groups excluding carboxylic acids is 2. The molecule has 24 nitrogen and oxygen atoms in total. The third-order valence-electron chi connectivity index (χ3n) is 6.84. The Hall–Kier alpha value is -1.80. The first-order valence-corrected chi connectivity index (χ1v) is 21.9. The predicted octanol–water partition coefficient (Wildman–Crippen LogP) is -1.22. The van der Waals surface area contributed by atoms with E-state index in [2.05, 4.69) is 34.4 Å². The van der Waals surface area contributed by atoms with Crippen molar-refractivity contribution in [3.63, 3.8) is 0 Å². The van der Waals surface area contributed by atoms with Crippen LogP contribution in [-0.2, 0) is 45.9 Å². The first-order valence-electron chi connectivity index (χ1n) is 14.9. The number of nitrogens with two attached hydrogens (primary N) is 1. The summed E-state index contributed by atoms with van der Waals surface area (Å²) in [7, 11) is -13.4. The zero-order valence-corrected chi connectivity index (χ0v) is 31.8. The van der Waals surface area contributed by atoms with E-state index in [1.807, 2.05) is 0 Å². The molecule has 0 spiro atoms. The molecule has 11 N–H and O–H groups in total. The average molecular weight is 844 g/mol. The largest absolute Gasteiger partial charge is 0.481 e. The van der Waals surface area contributed by atoms with Gasteiger partial charge in [-0.25, -0.2) is 28.6 Å². The summed E-state index contributed by atoms with van der Waals surface area (Å²) in [6.45, 7) is 0.778. The molecule has 1 fully saturated rings. The van der Waals surface area contributed by atoms with Crippen LogP contribution in [0.25, 0.3) is 11.2 Å². The summed E-state index contributed by atoms with van der Waals surface area (Å²) in [5.74, 6) is -0.209. The van der Waals surface area contributed by atoms with Crippen LogP contribution in [0.3, 0.4) is 0 Å². The Kier molecular flexibility index (Phi) is 16.4. The first kappa shape index (κ1) is 44.6. The molecule has 2 aromatic heterocycles. The van der Waals surface area contributed by atoms with Gasteiger partial charge in [-0.2, -0.15) is 4.31 Å². The molecule has 1 saturated heterocycles. The fourth-order valence-electron chi connectivity index (χ4n) is 4.33. The Labute approximate surface area is 303 Å². The smallest absolute Gasteiger partial charge is 0.395 e. The zero-order chi connectivity index (χ0) is 38.9. The van der Waals surface area contributed by atoms with Crippen LogP contribution in [0.2, 0.25) is 0 Å². The monoisotopic (exact) mass is 843 g/mol. The number of nitrogen functional groups attached to an aromatic ring is 1. The Morgan fingerprint density at radius 2 is 1.73 bits per heavy atom. The van der Waals surface area contributed by atoms with E-state index in [0.29, 0.717) is 18.1 Å².